The van der Waals surface area contributed by atoms with Gasteiger partial charge in [0.05, 0.1) is 0 Å². The lowest BCUT2D eigenvalue weighted by Gasteiger charge is -2.47. The van der Waals surface area contributed by atoms with Gasteiger partial charge < -0.3 is 9.47 Å². The molecule has 3 rings (SSSR count). The quantitative estimate of drug-likeness (QED) is 0.653. The number of fused-ring (bicyclic) bond motifs is 3. The van der Waals surface area contributed by atoms with E-state index < -0.39 is 22.1 Å². The van der Waals surface area contributed by atoms with Gasteiger partial charge in [-0.05, 0) is 18.3 Å². The summed E-state index contributed by atoms with van der Waals surface area (Å²) < 4.78 is 37.2. The lowest BCUT2D eigenvalue weighted by atomic mass is 9.70. The second-order valence-electron chi connectivity index (χ2n) is 8.43. The maximum atomic E-state index is 13.5. The molecular formula is C18H26F2O4S2. The van der Waals surface area contributed by atoms with Crippen LogP contribution >= 0.6 is 23.5 Å². The highest BCUT2D eigenvalue weighted by Crippen LogP contribution is 2.79. The minimum atomic E-state index is -3.50. The fourth-order valence-corrected chi connectivity index (χ4v) is 9.46. The molecule has 4 nitrogen and oxygen atoms in total. The number of carbonyl (C=O) groups is 2. The van der Waals surface area contributed by atoms with Crippen LogP contribution in [-0.4, -0.2) is 45.7 Å². The number of carbonyl (C=O) groups excluding carboxylic acids is 2. The van der Waals surface area contributed by atoms with Crippen molar-refractivity contribution in [2.75, 3.05) is 12.4 Å². The second-order valence-corrected chi connectivity index (χ2v) is 11.5. The van der Waals surface area contributed by atoms with Crippen molar-refractivity contribution in [2.24, 2.45) is 16.7 Å². The maximum Gasteiger partial charge on any atom is 0.377 e. The molecular weight excluding hydrogens is 382 g/mol. The molecule has 2 saturated carbocycles. The van der Waals surface area contributed by atoms with E-state index in [1.807, 2.05) is 0 Å². The van der Waals surface area contributed by atoms with Crippen molar-refractivity contribution >= 4 is 35.5 Å². The summed E-state index contributed by atoms with van der Waals surface area (Å²) in [4.78, 5) is 23.1. The summed E-state index contributed by atoms with van der Waals surface area (Å²) in [5.41, 5.74) is -0.282. The molecule has 1 spiro atoms. The summed E-state index contributed by atoms with van der Waals surface area (Å²) in [5.74, 6) is -4.49. The first kappa shape index (κ1) is 20.2. The van der Waals surface area contributed by atoms with Crippen LogP contribution in [0.1, 0.15) is 47.5 Å². The standard InChI is InChI=1S/C18H26F2O4S2/c1-10(21)23-8-11-9-25-18(26-11)13(24-14(22)17(5,19)20)12-6-7-16(18,4)15(12,2)3/h11-13H,6-9H2,1-5H3. The van der Waals surface area contributed by atoms with E-state index in [9.17, 15) is 18.4 Å². The lowest BCUT2D eigenvalue weighted by Crippen LogP contribution is -2.50. The molecule has 1 aliphatic heterocycles. The predicted molar refractivity (Wildman–Crippen MR) is 98.3 cm³/mol. The Hall–Kier alpha value is -0.500. The van der Waals surface area contributed by atoms with Crippen molar-refractivity contribution in [2.45, 2.75) is 68.8 Å². The van der Waals surface area contributed by atoms with Gasteiger partial charge in [-0.1, -0.05) is 20.8 Å². The summed E-state index contributed by atoms with van der Waals surface area (Å²) in [6.45, 7) is 8.76. The van der Waals surface area contributed by atoms with E-state index in [1.54, 1.807) is 23.5 Å². The van der Waals surface area contributed by atoms with Gasteiger partial charge in [-0.15, -0.1) is 23.5 Å². The van der Waals surface area contributed by atoms with Gasteiger partial charge in [-0.25, -0.2) is 4.79 Å². The SMILES string of the molecule is CC(=O)OCC1CSC2(S1)C(OC(=O)C(C)(F)F)C1CCC2(C)C1(C)C. The largest absolute Gasteiger partial charge is 0.465 e. The van der Waals surface area contributed by atoms with Gasteiger partial charge in [0, 0.05) is 36.2 Å². The van der Waals surface area contributed by atoms with Gasteiger partial charge in [0.2, 0.25) is 0 Å². The van der Waals surface area contributed by atoms with Gasteiger partial charge in [-0.2, -0.15) is 8.78 Å². The third-order valence-electron chi connectivity index (χ3n) is 6.70. The highest BCUT2D eigenvalue weighted by molar-refractivity contribution is 8.21. The van der Waals surface area contributed by atoms with Gasteiger partial charge in [-0.3, -0.25) is 4.79 Å². The van der Waals surface area contributed by atoms with Crippen LogP contribution in [0.5, 0.6) is 0 Å². The Morgan fingerprint density at radius 3 is 2.50 bits per heavy atom. The molecule has 0 amide bonds. The van der Waals surface area contributed by atoms with Crippen molar-refractivity contribution in [1.29, 1.82) is 0 Å². The fourth-order valence-electron chi connectivity index (χ4n) is 4.91. The molecule has 0 aromatic heterocycles. The number of esters is 2. The number of halogens is 2. The minimum Gasteiger partial charge on any atom is -0.465 e. The molecule has 26 heavy (non-hydrogen) atoms. The highest BCUT2D eigenvalue weighted by Gasteiger charge is 2.77. The fraction of sp³-hybridized carbons (Fsp3) is 0.889. The van der Waals surface area contributed by atoms with Crippen molar-refractivity contribution in [3.8, 4) is 0 Å². The van der Waals surface area contributed by atoms with Crippen molar-refractivity contribution in [3.05, 3.63) is 0 Å². The van der Waals surface area contributed by atoms with Crippen LogP contribution in [0, 0.1) is 16.7 Å². The van der Waals surface area contributed by atoms with Crippen LogP contribution in [0.4, 0.5) is 8.78 Å². The molecule has 148 valence electrons. The van der Waals surface area contributed by atoms with Crippen LogP contribution in [0.15, 0.2) is 0 Å². The molecule has 3 aliphatic rings. The highest BCUT2D eigenvalue weighted by atomic mass is 32.2. The van der Waals surface area contributed by atoms with Crippen LogP contribution in [0.25, 0.3) is 0 Å². The van der Waals surface area contributed by atoms with Gasteiger partial charge >= 0.3 is 17.9 Å². The van der Waals surface area contributed by atoms with E-state index in [2.05, 4.69) is 20.8 Å². The zero-order valence-electron chi connectivity index (χ0n) is 15.8. The number of hydrogen-bond donors (Lipinski definition) is 0. The maximum absolute atomic E-state index is 13.5. The van der Waals surface area contributed by atoms with Crippen LogP contribution in [0.2, 0.25) is 0 Å². The van der Waals surface area contributed by atoms with Gasteiger partial charge in [0.25, 0.3) is 0 Å². The third kappa shape index (κ3) is 2.77. The average molecular weight is 409 g/mol. The van der Waals surface area contributed by atoms with E-state index >= 15 is 0 Å². The third-order valence-corrected chi connectivity index (χ3v) is 10.9. The average Bonchev–Trinajstić information content (AvgIpc) is 3.07. The van der Waals surface area contributed by atoms with Gasteiger partial charge in [0.1, 0.15) is 16.8 Å². The van der Waals surface area contributed by atoms with E-state index in [4.69, 9.17) is 9.47 Å². The number of hydrogen-bond acceptors (Lipinski definition) is 6. The molecule has 1 saturated heterocycles. The molecule has 0 aromatic carbocycles. The zero-order chi connectivity index (χ0) is 19.5. The normalized spacial score (nSPS) is 40.8. The Kier molecular flexibility index (Phi) is 4.87. The monoisotopic (exact) mass is 408 g/mol. The Balaban J connectivity index is 1.90. The minimum absolute atomic E-state index is 0.0475. The summed E-state index contributed by atoms with van der Waals surface area (Å²) in [6.07, 6.45) is 1.28. The summed E-state index contributed by atoms with van der Waals surface area (Å²) in [7, 11) is 0. The van der Waals surface area contributed by atoms with Crippen molar-refractivity contribution < 1.29 is 27.8 Å². The number of ether oxygens (including phenoxy) is 2. The molecule has 2 bridgehead atoms. The lowest BCUT2D eigenvalue weighted by molar-refractivity contribution is -0.178. The Labute approximate surface area is 161 Å². The molecule has 0 radical (unpaired) electrons. The van der Waals surface area contributed by atoms with Crippen LogP contribution < -0.4 is 0 Å². The number of thioether (sulfide) groups is 2. The Morgan fingerprint density at radius 2 is 1.92 bits per heavy atom. The number of rotatable bonds is 4. The first-order valence-corrected chi connectivity index (χ1v) is 10.8. The molecule has 1 heterocycles. The first-order valence-electron chi connectivity index (χ1n) is 8.89. The van der Waals surface area contributed by atoms with Gasteiger partial charge in [0.15, 0.2) is 0 Å². The molecule has 2 aliphatic carbocycles. The Bertz CT molecular complexity index is 621. The van der Waals surface area contributed by atoms with E-state index in [-0.39, 0.29) is 28.0 Å². The molecule has 0 aromatic rings. The van der Waals surface area contributed by atoms with E-state index in [0.717, 1.165) is 18.6 Å². The number of alkyl halides is 2. The first-order chi connectivity index (χ1) is 11.8. The van der Waals surface area contributed by atoms with E-state index in [1.165, 1.54) is 6.92 Å². The topological polar surface area (TPSA) is 52.6 Å². The molecule has 8 heteroatoms. The zero-order valence-corrected chi connectivity index (χ0v) is 17.4. The summed E-state index contributed by atoms with van der Waals surface area (Å²) in [6, 6.07) is 0. The Morgan fingerprint density at radius 1 is 1.27 bits per heavy atom. The van der Waals surface area contributed by atoms with Crippen molar-refractivity contribution in [1.82, 2.24) is 0 Å². The molecule has 5 unspecified atom stereocenters. The molecule has 3 fully saturated rings. The smallest absolute Gasteiger partial charge is 0.377 e. The van der Waals surface area contributed by atoms with Crippen molar-refractivity contribution in [3.63, 3.8) is 0 Å². The summed E-state index contributed by atoms with van der Waals surface area (Å²) >= 11 is 3.34. The van der Waals surface area contributed by atoms with Crippen LogP contribution in [0.3, 0.4) is 0 Å². The van der Waals surface area contributed by atoms with Crippen LogP contribution in [-0.2, 0) is 19.1 Å². The second kappa shape index (κ2) is 6.26. The predicted octanol–water partition coefficient (Wildman–Crippen LogP) is 4.12. The molecule has 5 atom stereocenters. The molecule has 0 N–H and O–H groups in total. The van der Waals surface area contributed by atoms with E-state index in [0.29, 0.717) is 13.5 Å². The summed E-state index contributed by atoms with van der Waals surface area (Å²) in [5, 5.41) is 0.0687.